The van der Waals surface area contributed by atoms with E-state index in [0.29, 0.717) is 11.3 Å². The van der Waals surface area contributed by atoms with Crippen LogP contribution in [0.5, 0.6) is 0 Å². The molecule has 4 aromatic rings. The molecule has 0 saturated carbocycles. The van der Waals surface area contributed by atoms with Crippen LogP contribution in [0.25, 0.3) is 16.7 Å². The van der Waals surface area contributed by atoms with E-state index in [1.54, 1.807) is 23.8 Å². The highest BCUT2D eigenvalue weighted by Gasteiger charge is 2.34. The number of nitriles is 1. The van der Waals surface area contributed by atoms with E-state index in [0.717, 1.165) is 35.4 Å². The Balaban J connectivity index is 1.46. The van der Waals surface area contributed by atoms with Crippen molar-refractivity contribution in [2.45, 2.75) is 45.3 Å². The lowest BCUT2D eigenvalue weighted by molar-refractivity contribution is 0.119. The summed E-state index contributed by atoms with van der Waals surface area (Å²) in [6, 6.07) is 10.2. The Morgan fingerprint density at radius 1 is 1.20 bits per heavy atom. The third-order valence-corrected chi connectivity index (χ3v) is 7.05. The Bertz CT molecular complexity index is 1580. The molecule has 1 aliphatic heterocycles. The first-order valence-electron chi connectivity index (χ1n) is 11.7. The molecule has 0 spiro atoms. The van der Waals surface area contributed by atoms with Gasteiger partial charge in [-0.3, -0.25) is 14.5 Å². The Morgan fingerprint density at radius 3 is 2.77 bits per heavy atom. The van der Waals surface area contributed by atoms with Gasteiger partial charge in [0, 0.05) is 44.3 Å². The SMILES string of the molecule is CC(c1ccc2ncc(=O)[nH]c2c1)N1C[C@H](C)N(c2cc(=O)n(C)n3cc(CC#N)nc23)C[C@H]1C. The summed E-state index contributed by atoms with van der Waals surface area (Å²) in [7, 11) is 1.70. The second kappa shape index (κ2) is 8.67. The maximum absolute atomic E-state index is 12.7. The molecule has 1 aromatic carbocycles. The number of hydrogen-bond donors (Lipinski definition) is 1. The maximum atomic E-state index is 12.7. The summed E-state index contributed by atoms with van der Waals surface area (Å²) < 4.78 is 3.25. The van der Waals surface area contributed by atoms with Crippen LogP contribution < -0.4 is 16.0 Å². The molecular formula is C25H28N8O2. The van der Waals surface area contributed by atoms with Crippen LogP contribution in [0.15, 0.2) is 46.2 Å². The first-order chi connectivity index (χ1) is 16.8. The standard InChI is InChI=1S/C25H28N8O2/c1-15-13-32(22-10-24(35)30(4)33-14-19(7-8-26)28-25(22)33)16(2)12-31(15)17(3)18-5-6-20-21(9-18)29-23(34)11-27-20/h5-6,9-11,14-17H,7,12-13H2,1-4H3,(H,29,34)/t15-,16+,17?/m1/s1. The molecule has 35 heavy (non-hydrogen) atoms. The molecule has 3 atom stereocenters. The predicted octanol–water partition coefficient (Wildman–Crippen LogP) is 2.00. The summed E-state index contributed by atoms with van der Waals surface area (Å²) in [5, 5.41) is 9.11. The van der Waals surface area contributed by atoms with Gasteiger partial charge in [-0.2, -0.15) is 5.26 Å². The van der Waals surface area contributed by atoms with Crippen LogP contribution in [0.2, 0.25) is 0 Å². The average molecular weight is 473 g/mol. The maximum Gasteiger partial charge on any atom is 0.267 e. The number of piperazine rings is 1. The van der Waals surface area contributed by atoms with Gasteiger partial charge in [0.05, 0.1) is 47.3 Å². The van der Waals surface area contributed by atoms with Crippen LogP contribution >= 0.6 is 0 Å². The third-order valence-electron chi connectivity index (χ3n) is 7.05. The first-order valence-corrected chi connectivity index (χ1v) is 11.7. The number of aryl methyl sites for hydroxylation is 1. The quantitative estimate of drug-likeness (QED) is 0.483. The van der Waals surface area contributed by atoms with Gasteiger partial charge in [-0.05, 0) is 38.5 Å². The molecule has 1 saturated heterocycles. The molecule has 1 fully saturated rings. The number of anilines is 1. The fourth-order valence-corrected chi connectivity index (χ4v) is 5.12. The minimum Gasteiger partial charge on any atom is -0.363 e. The number of imidazole rings is 1. The van der Waals surface area contributed by atoms with Gasteiger partial charge in [0.2, 0.25) is 0 Å². The molecule has 1 aliphatic rings. The fourth-order valence-electron chi connectivity index (χ4n) is 5.12. The Kier molecular flexibility index (Phi) is 5.65. The normalized spacial score (nSPS) is 19.8. The summed E-state index contributed by atoms with van der Waals surface area (Å²) in [6.45, 7) is 8.02. The molecule has 0 aliphatic carbocycles. The zero-order valence-electron chi connectivity index (χ0n) is 20.3. The van der Waals surface area contributed by atoms with Crippen molar-refractivity contribution in [3.8, 4) is 6.07 Å². The minimum atomic E-state index is -0.213. The molecule has 3 aromatic heterocycles. The molecule has 5 rings (SSSR count). The van der Waals surface area contributed by atoms with Crippen LogP contribution in [-0.2, 0) is 13.5 Å². The van der Waals surface area contributed by atoms with E-state index >= 15 is 0 Å². The van der Waals surface area contributed by atoms with E-state index in [1.807, 2.05) is 12.1 Å². The van der Waals surface area contributed by atoms with Crippen molar-refractivity contribution in [3.63, 3.8) is 0 Å². The lowest BCUT2D eigenvalue weighted by Crippen LogP contribution is -2.57. The van der Waals surface area contributed by atoms with Crippen LogP contribution in [0.1, 0.15) is 38.1 Å². The number of rotatable bonds is 4. The van der Waals surface area contributed by atoms with Crippen LogP contribution in [0.4, 0.5) is 5.69 Å². The summed E-state index contributed by atoms with van der Waals surface area (Å²) in [6.07, 6.45) is 3.25. The van der Waals surface area contributed by atoms with Crippen molar-refractivity contribution in [1.29, 1.82) is 5.26 Å². The molecule has 4 heterocycles. The Morgan fingerprint density at radius 2 is 2.00 bits per heavy atom. The van der Waals surface area contributed by atoms with Crippen molar-refractivity contribution >= 4 is 22.4 Å². The lowest BCUT2D eigenvalue weighted by Gasteiger charge is -2.47. The van der Waals surface area contributed by atoms with E-state index in [9.17, 15) is 9.59 Å². The number of fused-ring (bicyclic) bond motifs is 2. The monoisotopic (exact) mass is 472 g/mol. The minimum absolute atomic E-state index is 0.122. The summed E-state index contributed by atoms with van der Waals surface area (Å²) >= 11 is 0. The zero-order chi connectivity index (χ0) is 24.9. The molecule has 0 radical (unpaired) electrons. The largest absolute Gasteiger partial charge is 0.363 e. The van der Waals surface area contributed by atoms with E-state index in [1.165, 1.54) is 10.9 Å². The van der Waals surface area contributed by atoms with Gasteiger partial charge in [-0.1, -0.05) is 6.07 Å². The van der Waals surface area contributed by atoms with Gasteiger partial charge in [-0.25, -0.2) is 19.2 Å². The smallest absolute Gasteiger partial charge is 0.267 e. The van der Waals surface area contributed by atoms with Crippen molar-refractivity contribution < 1.29 is 0 Å². The van der Waals surface area contributed by atoms with Gasteiger partial charge < -0.3 is 9.88 Å². The van der Waals surface area contributed by atoms with Crippen LogP contribution in [0, 0.1) is 11.3 Å². The molecule has 10 nitrogen and oxygen atoms in total. The molecule has 1 N–H and O–H groups in total. The van der Waals surface area contributed by atoms with Gasteiger partial charge in [0.25, 0.3) is 11.1 Å². The van der Waals surface area contributed by atoms with Crippen LogP contribution in [0.3, 0.4) is 0 Å². The second-order valence-electron chi connectivity index (χ2n) is 9.37. The number of aromatic nitrogens is 5. The van der Waals surface area contributed by atoms with Crippen LogP contribution in [-0.4, -0.2) is 54.2 Å². The zero-order valence-corrected chi connectivity index (χ0v) is 20.3. The first kappa shape index (κ1) is 22.8. The molecule has 1 unspecified atom stereocenters. The number of aromatic amines is 1. The summed E-state index contributed by atoms with van der Waals surface area (Å²) in [4.78, 5) is 40.9. The van der Waals surface area contributed by atoms with Gasteiger partial charge in [0.1, 0.15) is 0 Å². The van der Waals surface area contributed by atoms with E-state index in [4.69, 9.17) is 5.26 Å². The third kappa shape index (κ3) is 3.98. The molecular weight excluding hydrogens is 444 g/mol. The number of nitrogens with zero attached hydrogens (tertiary/aromatic N) is 7. The van der Waals surface area contributed by atoms with E-state index in [-0.39, 0.29) is 35.7 Å². The van der Waals surface area contributed by atoms with E-state index < -0.39 is 0 Å². The number of nitrogens with one attached hydrogen (secondary N) is 1. The Hall–Kier alpha value is -3.97. The highest BCUT2D eigenvalue weighted by Crippen LogP contribution is 2.31. The van der Waals surface area contributed by atoms with Gasteiger partial charge in [-0.15, -0.1) is 0 Å². The number of H-pyrrole nitrogens is 1. The van der Waals surface area contributed by atoms with Crippen molar-refractivity contribution in [3.05, 3.63) is 68.6 Å². The fraction of sp³-hybridized carbons (Fsp3) is 0.400. The highest BCUT2D eigenvalue weighted by molar-refractivity contribution is 5.74. The predicted molar refractivity (Wildman–Crippen MR) is 134 cm³/mol. The van der Waals surface area contributed by atoms with Crippen molar-refractivity contribution in [2.24, 2.45) is 7.05 Å². The molecule has 0 amide bonds. The lowest BCUT2D eigenvalue weighted by atomic mass is 10.00. The Labute approximate surface area is 202 Å². The number of hydrogen-bond acceptors (Lipinski definition) is 7. The molecule has 180 valence electrons. The summed E-state index contributed by atoms with van der Waals surface area (Å²) in [5.74, 6) is 0. The van der Waals surface area contributed by atoms with Gasteiger partial charge >= 0.3 is 0 Å². The average Bonchev–Trinajstić information content (AvgIpc) is 3.26. The highest BCUT2D eigenvalue weighted by atomic mass is 16.1. The van der Waals surface area contributed by atoms with Gasteiger partial charge in [0.15, 0.2) is 5.65 Å². The van der Waals surface area contributed by atoms with Crippen molar-refractivity contribution in [2.75, 3.05) is 18.0 Å². The summed E-state index contributed by atoms with van der Waals surface area (Å²) in [5.41, 5.74) is 4.39. The topological polar surface area (TPSA) is 115 Å². The molecule has 0 bridgehead atoms. The van der Waals surface area contributed by atoms with E-state index in [2.05, 4.69) is 57.7 Å². The number of benzene rings is 1. The van der Waals surface area contributed by atoms with Crippen molar-refractivity contribution in [1.82, 2.24) is 29.0 Å². The second-order valence-corrected chi connectivity index (χ2v) is 9.37. The molecule has 10 heteroatoms.